The topological polar surface area (TPSA) is 29.1 Å². The van der Waals surface area contributed by atoms with Gasteiger partial charge in [0.2, 0.25) is 0 Å². The molecule has 0 saturated carbocycles. The third kappa shape index (κ3) is 4.97. The Labute approximate surface area is 112 Å². The quantitative estimate of drug-likeness (QED) is 0.814. The van der Waals surface area contributed by atoms with Gasteiger partial charge in [-0.2, -0.15) is 0 Å². The normalized spacial score (nSPS) is 11.3. The largest absolute Gasteiger partial charge is 0.352 e. The first-order valence-corrected chi connectivity index (χ1v) is 6.45. The first-order chi connectivity index (χ1) is 7.94. The van der Waals surface area contributed by atoms with Gasteiger partial charge in [-0.1, -0.05) is 31.5 Å². The molecule has 1 rings (SSSR count). The summed E-state index contributed by atoms with van der Waals surface area (Å²) in [7, 11) is 0. The number of halogens is 2. The number of carbonyl (C=O) groups is 1. The molecule has 0 radical (unpaired) electrons. The molecule has 94 valence electrons. The van der Waals surface area contributed by atoms with Crippen LogP contribution in [0.3, 0.4) is 0 Å². The molecule has 17 heavy (non-hydrogen) atoms. The molecule has 0 aromatic heterocycles. The summed E-state index contributed by atoms with van der Waals surface area (Å²) in [5, 5.41) is 3.46. The highest BCUT2D eigenvalue weighted by Crippen LogP contribution is 2.19. The summed E-state index contributed by atoms with van der Waals surface area (Å²) in [6, 6.07) is 6.91. The van der Waals surface area contributed by atoms with Crippen molar-refractivity contribution in [2.45, 2.75) is 20.3 Å². The molecule has 0 heterocycles. The molecule has 0 aliphatic heterocycles. The van der Waals surface area contributed by atoms with Gasteiger partial charge in [-0.3, -0.25) is 4.79 Å². The molecule has 1 aromatic rings. The van der Waals surface area contributed by atoms with Crippen LogP contribution in [0.4, 0.5) is 0 Å². The van der Waals surface area contributed by atoms with Gasteiger partial charge < -0.3 is 5.32 Å². The molecule has 0 fully saturated rings. The van der Waals surface area contributed by atoms with E-state index in [0.717, 1.165) is 6.42 Å². The summed E-state index contributed by atoms with van der Waals surface area (Å²) in [4.78, 5) is 11.8. The molecular formula is C13H17Cl2NO. The van der Waals surface area contributed by atoms with Crippen LogP contribution in [0.1, 0.15) is 30.6 Å². The molecule has 0 unspecified atom stereocenters. The number of benzene rings is 1. The van der Waals surface area contributed by atoms with E-state index in [2.05, 4.69) is 19.2 Å². The zero-order chi connectivity index (χ0) is 12.9. The zero-order valence-electron chi connectivity index (χ0n) is 10.1. The summed E-state index contributed by atoms with van der Waals surface area (Å²) in [5.41, 5.74) is 0.592. The van der Waals surface area contributed by atoms with E-state index >= 15 is 0 Å². The molecule has 0 spiro atoms. The number of nitrogens with one attached hydrogen (secondary N) is 1. The molecule has 0 bridgehead atoms. The average Bonchev–Trinajstić information content (AvgIpc) is 2.26. The number of alkyl halides is 1. The number of hydrogen-bond donors (Lipinski definition) is 1. The monoisotopic (exact) mass is 273 g/mol. The standard InChI is InChI=1S/C13H17Cl2NO/c1-13(2,6-7-14)9-16-12(17)10-4-3-5-11(15)8-10/h3-5,8H,6-7,9H2,1-2H3,(H,16,17). The smallest absolute Gasteiger partial charge is 0.251 e. The number of carbonyl (C=O) groups excluding carboxylic acids is 1. The Morgan fingerprint density at radius 1 is 1.41 bits per heavy atom. The van der Waals surface area contributed by atoms with Crippen molar-refractivity contribution in [2.75, 3.05) is 12.4 Å². The molecule has 0 atom stereocenters. The van der Waals surface area contributed by atoms with E-state index in [-0.39, 0.29) is 11.3 Å². The van der Waals surface area contributed by atoms with E-state index < -0.39 is 0 Å². The minimum atomic E-state index is -0.102. The Balaban J connectivity index is 2.56. The highest BCUT2D eigenvalue weighted by atomic mass is 35.5. The maximum atomic E-state index is 11.8. The fourth-order valence-electron chi connectivity index (χ4n) is 1.40. The van der Waals surface area contributed by atoms with E-state index in [0.29, 0.717) is 23.0 Å². The fraction of sp³-hybridized carbons (Fsp3) is 0.462. The first kappa shape index (κ1) is 14.3. The van der Waals surface area contributed by atoms with E-state index in [9.17, 15) is 4.79 Å². The second-order valence-electron chi connectivity index (χ2n) is 4.80. The summed E-state index contributed by atoms with van der Waals surface area (Å²) < 4.78 is 0. The molecule has 2 nitrogen and oxygen atoms in total. The highest BCUT2D eigenvalue weighted by Gasteiger charge is 2.18. The molecule has 0 aliphatic rings. The summed E-state index contributed by atoms with van der Waals surface area (Å²) in [6.45, 7) is 4.76. The summed E-state index contributed by atoms with van der Waals surface area (Å²) >= 11 is 11.5. The minimum Gasteiger partial charge on any atom is -0.352 e. The Morgan fingerprint density at radius 3 is 2.71 bits per heavy atom. The minimum absolute atomic E-state index is 0.00991. The lowest BCUT2D eigenvalue weighted by atomic mass is 9.90. The van der Waals surface area contributed by atoms with Gasteiger partial charge in [-0.15, -0.1) is 11.6 Å². The lowest BCUT2D eigenvalue weighted by Crippen LogP contribution is -2.34. The fourth-order valence-corrected chi connectivity index (χ4v) is 2.10. The second kappa shape index (κ2) is 6.27. The van der Waals surface area contributed by atoms with Crippen LogP contribution in [0, 0.1) is 5.41 Å². The number of rotatable bonds is 5. The van der Waals surface area contributed by atoms with Gasteiger partial charge in [0.25, 0.3) is 5.91 Å². The third-order valence-corrected chi connectivity index (χ3v) is 3.01. The van der Waals surface area contributed by atoms with Crippen LogP contribution in [0.25, 0.3) is 0 Å². The molecule has 0 saturated heterocycles. The van der Waals surface area contributed by atoms with E-state index in [4.69, 9.17) is 23.2 Å². The molecule has 4 heteroatoms. The predicted molar refractivity (Wildman–Crippen MR) is 72.9 cm³/mol. The summed E-state index contributed by atoms with van der Waals surface area (Å²) in [6.07, 6.45) is 0.865. The van der Waals surface area contributed by atoms with E-state index in [1.807, 2.05) is 0 Å². The molecule has 1 amide bonds. The van der Waals surface area contributed by atoms with Crippen LogP contribution in [0.15, 0.2) is 24.3 Å². The van der Waals surface area contributed by atoms with Crippen LogP contribution < -0.4 is 5.32 Å². The van der Waals surface area contributed by atoms with Gasteiger partial charge in [0, 0.05) is 23.0 Å². The Hall–Kier alpha value is -0.730. The van der Waals surface area contributed by atoms with Crippen molar-refractivity contribution in [1.29, 1.82) is 0 Å². The lowest BCUT2D eigenvalue weighted by Gasteiger charge is -2.23. The first-order valence-electron chi connectivity index (χ1n) is 5.54. The SMILES string of the molecule is CC(C)(CCCl)CNC(=O)c1cccc(Cl)c1. The van der Waals surface area contributed by atoms with Gasteiger partial charge >= 0.3 is 0 Å². The predicted octanol–water partition coefficient (Wildman–Crippen LogP) is 3.72. The van der Waals surface area contributed by atoms with Crippen molar-refractivity contribution in [1.82, 2.24) is 5.32 Å². The van der Waals surface area contributed by atoms with Crippen molar-refractivity contribution < 1.29 is 4.79 Å². The third-order valence-electron chi connectivity index (χ3n) is 2.59. The van der Waals surface area contributed by atoms with E-state index in [1.54, 1.807) is 24.3 Å². The molecule has 1 aromatic carbocycles. The Bertz CT molecular complexity index is 391. The second-order valence-corrected chi connectivity index (χ2v) is 5.61. The number of hydrogen-bond acceptors (Lipinski definition) is 1. The van der Waals surface area contributed by atoms with Crippen LogP contribution in [-0.2, 0) is 0 Å². The maximum Gasteiger partial charge on any atom is 0.251 e. The molecule has 1 N–H and O–H groups in total. The van der Waals surface area contributed by atoms with Crippen LogP contribution >= 0.6 is 23.2 Å². The van der Waals surface area contributed by atoms with Gasteiger partial charge in [0.05, 0.1) is 0 Å². The zero-order valence-corrected chi connectivity index (χ0v) is 11.6. The van der Waals surface area contributed by atoms with Gasteiger partial charge in [0.15, 0.2) is 0 Å². The molecule has 0 aliphatic carbocycles. The average molecular weight is 274 g/mol. The van der Waals surface area contributed by atoms with E-state index in [1.165, 1.54) is 0 Å². The van der Waals surface area contributed by atoms with Crippen molar-refractivity contribution in [3.05, 3.63) is 34.9 Å². The van der Waals surface area contributed by atoms with Crippen LogP contribution in [0.2, 0.25) is 5.02 Å². The highest BCUT2D eigenvalue weighted by molar-refractivity contribution is 6.30. The number of amides is 1. The maximum absolute atomic E-state index is 11.8. The van der Waals surface area contributed by atoms with Gasteiger partial charge in [0.1, 0.15) is 0 Å². The Morgan fingerprint density at radius 2 is 2.12 bits per heavy atom. The van der Waals surface area contributed by atoms with Crippen molar-refractivity contribution in [2.24, 2.45) is 5.41 Å². The lowest BCUT2D eigenvalue weighted by molar-refractivity contribution is 0.0936. The van der Waals surface area contributed by atoms with Crippen molar-refractivity contribution in [3.63, 3.8) is 0 Å². The van der Waals surface area contributed by atoms with Crippen LogP contribution in [0.5, 0.6) is 0 Å². The van der Waals surface area contributed by atoms with Crippen LogP contribution in [-0.4, -0.2) is 18.3 Å². The summed E-state index contributed by atoms with van der Waals surface area (Å²) in [5.74, 6) is 0.496. The van der Waals surface area contributed by atoms with Gasteiger partial charge in [-0.25, -0.2) is 0 Å². The Kier molecular flexibility index (Phi) is 5.29. The van der Waals surface area contributed by atoms with Gasteiger partial charge in [-0.05, 0) is 30.0 Å². The van der Waals surface area contributed by atoms with Crippen molar-refractivity contribution >= 4 is 29.1 Å². The van der Waals surface area contributed by atoms with Crippen molar-refractivity contribution in [3.8, 4) is 0 Å². The molecular weight excluding hydrogens is 257 g/mol.